The summed E-state index contributed by atoms with van der Waals surface area (Å²) in [6.07, 6.45) is 3.80. The van der Waals surface area contributed by atoms with Crippen LogP contribution in [-0.4, -0.2) is 31.1 Å². The van der Waals surface area contributed by atoms with Crippen molar-refractivity contribution in [2.24, 2.45) is 5.92 Å². The Balaban J connectivity index is 2.07. The maximum absolute atomic E-state index is 3.46. The Labute approximate surface area is 122 Å². The molecule has 1 fully saturated rings. The van der Waals surface area contributed by atoms with Gasteiger partial charge in [0.05, 0.1) is 0 Å². The van der Waals surface area contributed by atoms with E-state index >= 15 is 0 Å². The summed E-state index contributed by atoms with van der Waals surface area (Å²) in [5, 5.41) is 3.46. The molecule has 1 N–H and O–H groups in total. The van der Waals surface area contributed by atoms with Gasteiger partial charge in [-0.05, 0) is 37.3 Å². The van der Waals surface area contributed by atoms with Crippen molar-refractivity contribution in [2.75, 3.05) is 26.2 Å². The molecule has 19 heavy (non-hydrogen) atoms. The lowest BCUT2D eigenvalue weighted by Crippen LogP contribution is -2.45. The van der Waals surface area contributed by atoms with E-state index in [9.17, 15) is 0 Å². The lowest BCUT2D eigenvalue weighted by Gasteiger charge is -2.35. The van der Waals surface area contributed by atoms with Crippen molar-refractivity contribution in [2.45, 2.75) is 46.1 Å². The van der Waals surface area contributed by atoms with Crippen molar-refractivity contribution in [3.63, 3.8) is 0 Å². The van der Waals surface area contributed by atoms with Crippen LogP contribution in [-0.2, 0) is 6.42 Å². The molecule has 0 amide bonds. The molecule has 0 saturated carbocycles. The van der Waals surface area contributed by atoms with E-state index in [4.69, 9.17) is 0 Å². The largest absolute Gasteiger partial charge is 0.314 e. The van der Waals surface area contributed by atoms with Crippen molar-refractivity contribution < 1.29 is 0 Å². The van der Waals surface area contributed by atoms with Crippen LogP contribution in [0.25, 0.3) is 0 Å². The zero-order valence-electron chi connectivity index (χ0n) is 12.6. The number of rotatable bonds is 6. The third kappa shape index (κ3) is 4.30. The lowest BCUT2D eigenvalue weighted by atomic mass is 10.0. The minimum atomic E-state index is 0.648. The van der Waals surface area contributed by atoms with Crippen LogP contribution in [0, 0.1) is 5.92 Å². The van der Waals surface area contributed by atoms with Crippen LogP contribution in [0.5, 0.6) is 0 Å². The van der Waals surface area contributed by atoms with Crippen LogP contribution in [0.4, 0.5) is 0 Å². The van der Waals surface area contributed by atoms with Gasteiger partial charge in [-0.2, -0.15) is 0 Å². The first-order valence-corrected chi connectivity index (χ1v) is 8.55. The number of piperazine rings is 1. The summed E-state index contributed by atoms with van der Waals surface area (Å²) >= 11 is 2.02. The molecule has 3 heteroatoms. The van der Waals surface area contributed by atoms with E-state index < -0.39 is 0 Å². The normalized spacial score (nSPS) is 18.9. The van der Waals surface area contributed by atoms with E-state index in [1.165, 1.54) is 37.2 Å². The van der Waals surface area contributed by atoms with Gasteiger partial charge in [-0.1, -0.05) is 20.8 Å². The highest BCUT2D eigenvalue weighted by Gasteiger charge is 2.23. The van der Waals surface area contributed by atoms with Crippen LogP contribution in [0.1, 0.15) is 49.4 Å². The molecule has 2 heterocycles. The highest BCUT2D eigenvalue weighted by molar-refractivity contribution is 7.12. The minimum Gasteiger partial charge on any atom is -0.314 e. The van der Waals surface area contributed by atoms with E-state index in [-0.39, 0.29) is 0 Å². The standard InChI is InChI=1S/C16H28N2S/c1-4-14-6-8-16(19-14)15(7-5-13(2)3)18-11-9-17-10-12-18/h6,8,13,15,17H,4-5,7,9-12H2,1-3H3/t15-/m0/s1. The quantitative estimate of drug-likeness (QED) is 0.855. The molecule has 1 aliphatic rings. The monoisotopic (exact) mass is 280 g/mol. The van der Waals surface area contributed by atoms with Gasteiger partial charge in [-0.25, -0.2) is 0 Å². The second-order valence-electron chi connectivity index (χ2n) is 5.93. The fourth-order valence-electron chi connectivity index (χ4n) is 2.75. The summed E-state index contributed by atoms with van der Waals surface area (Å²) in [6, 6.07) is 5.34. The Kier molecular flexibility index (Phi) is 5.86. The molecule has 0 unspecified atom stereocenters. The Hall–Kier alpha value is -0.380. The second-order valence-corrected chi connectivity index (χ2v) is 7.13. The molecular weight excluding hydrogens is 252 g/mol. The molecule has 1 saturated heterocycles. The van der Waals surface area contributed by atoms with Gasteiger partial charge >= 0.3 is 0 Å². The van der Waals surface area contributed by atoms with Crippen LogP contribution in [0.2, 0.25) is 0 Å². The third-order valence-corrected chi connectivity index (χ3v) is 5.30. The van der Waals surface area contributed by atoms with Gasteiger partial charge in [0.25, 0.3) is 0 Å². The van der Waals surface area contributed by atoms with Crippen molar-refractivity contribution >= 4 is 11.3 Å². The van der Waals surface area contributed by atoms with Gasteiger partial charge < -0.3 is 5.32 Å². The minimum absolute atomic E-state index is 0.648. The smallest absolute Gasteiger partial charge is 0.0442 e. The molecule has 1 aliphatic heterocycles. The summed E-state index contributed by atoms with van der Waals surface area (Å²) in [6.45, 7) is 11.6. The highest BCUT2D eigenvalue weighted by Crippen LogP contribution is 2.32. The first-order valence-electron chi connectivity index (χ1n) is 7.74. The molecule has 108 valence electrons. The van der Waals surface area contributed by atoms with Gasteiger partial charge in [-0.3, -0.25) is 4.90 Å². The molecule has 0 radical (unpaired) electrons. The first-order chi connectivity index (χ1) is 9.20. The second kappa shape index (κ2) is 7.41. The molecule has 0 aromatic carbocycles. The van der Waals surface area contributed by atoms with E-state index in [0.29, 0.717) is 6.04 Å². The van der Waals surface area contributed by atoms with Crippen LogP contribution >= 0.6 is 11.3 Å². The molecule has 1 aromatic rings. The van der Waals surface area contributed by atoms with E-state index in [1.807, 2.05) is 11.3 Å². The summed E-state index contributed by atoms with van der Waals surface area (Å²) < 4.78 is 0. The maximum Gasteiger partial charge on any atom is 0.0442 e. The number of nitrogens with one attached hydrogen (secondary N) is 1. The van der Waals surface area contributed by atoms with Crippen molar-refractivity contribution in [1.29, 1.82) is 0 Å². The fraction of sp³-hybridized carbons (Fsp3) is 0.750. The number of hydrogen-bond acceptors (Lipinski definition) is 3. The molecule has 0 bridgehead atoms. The van der Waals surface area contributed by atoms with E-state index in [2.05, 4.69) is 43.1 Å². The van der Waals surface area contributed by atoms with Crippen LogP contribution in [0.3, 0.4) is 0 Å². The van der Waals surface area contributed by atoms with Crippen molar-refractivity contribution in [3.05, 3.63) is 21.9 Å². The summed E-state index contributed by atoms with van der Waals surface area (Å²) in [7, 11) is 0. The van der Waals surface area contributed by atoms with E-state index in [0.717, 1.165) is 19.0 Å². The van der Waals surface area contributed by atoms with Crippen molar-refractivity contribution in [1.82, 2.24) is 10.2 Å². The zero-order valence-corrected chi connectivity index (χ0v) is 13.4. The average Bonchev–Trinajstić information content (AvgIpc) is 2.89. The first kappa shape index (κ1) is 15.0. The Morgan fingerprint density at radius 2 is 1.95 bits per heavy atom. The predicted molar refractivity (Wildman–Crippen MR) is 85.0 cm³/mol. The van der Waals surface area contributed by atoms with Crippen LogP contribution in [0.15, 0.2) is 12.1 Å². The molecule has 2 rings (SSSR count). The highest BCUT2D eigenvalue weighted by atomic mass is 32.1. The summed E-state index contributed by atoms with van der Waals surface area (Å²) in [5.41, 5.74) is 0. The Bertz CT molecular complexity index is 367. The lowest BCUT2D eigenvalue weighted by molar-refractivity contribution is 0.162. The molecule has 1 aromatic heterocycles. The molecule has 1 atom stereocenters. The number of thiophene rings is 1. The average molecular weight is 280 g/mol. The predicted octanol–water partition coefficient (Wildman–Crippen LogP) is 3.69. The van der Waals surface area contributed by atoms with Gasteiger partial charge in [0.1, 0.15) is 0 Å². The molecule has 0 spiro atoms. The van der Waals surface area contributed by atoms with E-state index in [1.54, 1.807) is 4.88 Å². The van der Waals surface area contributed by atoms with Gasteiger partial charge in [-0.15, -0.1) is 11.3 Å². The zero-order chi connectivity index (χ0) is 13.7. The van der Waals surface area contributed by atoms with Crippen LogP contribution < -0.4 is 5.32 Å². The molecule has 0 aliphatic carbocycles. The SMILES string of the molecule is CCc1ccc([C@H](CCC(C)C)N2CCNCC2)s1. The molecular formula is C16H28N2S. The third-order valence-electron chi connectivity index (χ3n) is 3.97. The number of aryl methyl sites for hydroxylation is 1. The summed E-state index contributed by atoms with van der Waals surface area (Å²) in [4.78, 5) is 5.79. The Morgan fingerprint density at radius 1 is 1.21 bits per heavy atom. The van der Waals surface area contributed by atoms with Crippen molar-refractivity contribution in [3.8, 4) is 0 Å². The number of hydrogen-bond donors (Lipinski definition) is 1. The van der Waals surface area contributed by atoms with Gasteiger partial charge in [0.15, 0.2) is 0 Å². The topological polar surface area (TPSA) is 15.3 Å². The fourth-order valence-corrected chi connectivity index (χ4v) is 3.88. The molecule has 2 nitrogen and oxygen atoms in total. The number of nitrogens with zero attached hydrogens (tertiary/aromatic N) is 1. The van der Waals surface area contributed by atoms with Gasteiger partial charge in [0, 0.05) is 42.0 Å². The summed E-state index contributed by atoms with van der Waals surface area (Å²) in [5.74, 6) is 0.802. The maximum atomic E-state index is 3.46. The Morgan fingerprint density at radius 3 is 2.53 bits per heavy atom. The van der Waals surface area contributed by atoms with Gasteiger partial charge in [0.2, 0.25) is 0 Å².